The van der Waals surface area contributed by atoms with Gasteiger partial charge >= 0.3 is 5.97 Å². The molecule has 2 aliphatic heterocycles. The highest BCUT2D eigenvalue weighted by Gasteiger charge is 2.53. The van der Waals surface area contributed by atoms with E-state index in [0.717, 1.165) is 24.1 Å². The molecular formula is C21H25NO5. The molecule has 3 unspecified atom stereocenters. The lowest BCUT2D eigenvalue weighted by atomic mass is 9.70. The lowest BCUT2D eigenvalue weighted by Crippen LogP contribution is -2.52. The number of benzene rings is 1. The van der Waals surface area contributed by atoms with Crippen LogP contribution in [-0.2, 0) is 19.8 Å². The Morgan fingerprint density at radius 1 is 1.19 bits per heavy atom. The molecule has 0 fully saturated rings. The molecule has 6 heteroatoms. The van der Waals surface area contributed by atoms with Crippen LogP contribution in [0.25, 0.3) is 0 Å². The molecule has 6 nitrogen and oxygen atoms in total. The van der Waals surface area contributed by atoms with Crippen LogP contribution in [0.4, 0.5) is 0 Å². The molecule has 1 spiro atoms. The van der Waals surface area contributed by atoms with Gasteiger partial charge in [-0.3, -0.25) is 9.69 Å². The average Bonchev–Trinajstić information content (AvgIpc) is 3.05. The van der Waals surface area contributed by atoms with E-state index in [1.54, 1.807) is 21.3 Å². The topological polar surface area (TPSA) is 57.2 Å². The van der Waals surface area contributed by atoms with Crippen LogP contribution in [0.15, 0.2) is 35.9 Å². The summed E-state index contributed by atoms with van der Waals surface area (Å²) in [5.41, 5.74) is 3.01. The Morgan fingerprint density at radius 2 is 1.93 bits per heavy atom. The van der Waals surface area contributed by atoms with Crippen molar-refractivity contribution in [2.24, 2.45) is 0 Å². The van der Waals surface area contributed by atoms with Crippen LogP contribution in [0.3, 0.4) is 0 Å². The number of carbonyl (C=O) groups is 1. The van der Waals surface area contributed by atoms with Crippen LogP contribution in [-0.4, -0.2) is 51.4 Å². The van der Waals surface area contributed by atoms with Crippen molar-refractivity contribution in [3.05, 3.63) is 47.1 Å². The Balaban J connectivity index is 1.92. The van der Waals surface area contributed by atoms with Crippen molar-refractivity contribution in [2.45, 2.75) is 31.1 Å². The molecule has 27 heavy (non-hydrogen) atoms. The quantitative estimate of drug-likeness (QED) is 0.759. The number of hydrogen-bond acceptors (Lipinski definition) is 6. The minimum Gasteiger partial charge on any atom is -0.493 e. The van der Waals surface area contributed by atoms with Crippen molar-refractivity contribution >= 4 is 5.97 Å². The summed E-state index contributed by atoms with van der Waals surface area (Å²) >= 11 is 0. The summed E-state index contributed by atoms with van der Waals surface area (Å²) in [6.45, 7) is 2.89. The van der Waals surface area contributed by atoms with E-state index in [-0.39, 0.29) is 23.7 Å². The van der Waals surface area contributed by atoms with Gasteiger partial charge < -0.3 is 18.9 Å². The van der Waals surface area contributed by atoms with Crippen LogP contribution in [0.5, 0.6) is 11.5 Å². The molecule has 1 aliphatic carbocycles. The third kappa shape index (κ3) is 2.66. The molecule has 4 rings (SSSR count). The number of carbonyl (C=O) groups excluding carboxylic acids is 1. The first kappa shape index (κ1) is 18.1. The van der Waals surface area contributed by atoms with E-state index < -0.39 is 0 Å². The Labute approximate surface area is 159 Å². The number of fused-ring (bicyclic) bond motifs is 1. The highest BCUT2D eigenvalue weighted by molar-refractivity contribution is 5.67. The molecule has 0 aromatic heterocycles. The first-order valence-electron chi connectivity index (χ1n) is 9.13. The van der Waals surface area contributed by atoms with Gasteiger partial charge in [0, 0.05) is 39.1 Å². The number of ether oxygens (including phenoxy) is 4. The number of rotatable bonds is 4. The van der Waals surface area contributed by atoms with Crippen LogP contribution < -0.4 is 9.47 Å². The first-order valence-corrected chi connectivity index (χ1v) is 9.13. The van der Waals surface area contributed by atoms with Gasteiger partial charge in [-0.05, 0) is 23.3 Å². The average molecular weight is 371 g/mol. The van der Waals surface area contributed by atoms with E-state index in [4.69, 9.17) is 18.9 Å². The maximum Gasteiger partial charge on any atom is 0.303 e. The maximum absolute atomic E-state index is 11.7. The zero-order valence-electron chi connectivity index (χ0n) is 16.2. The van der Waals surface area contributed by atoms with Gasteiger partial charge in [-0.15, -0.1) is 0 Å². The Kier molecular flexibility index (Phi) is 4.48. The normalized spacial score (nSPS) is 28.7. The minimum atomic E-state index is -0.345. The summed E-state index contributed by atoms with van der Waals surface area (Å²) < 4.78 is 22.4. The molecule has 0 saturated carbocycles. The number of esters is 1. The fourth-order valence-corrected chi connectivity index (χ4v) is 4.69. The smallest absolute Gasteiger partial charge is 0.303 e. The fraction of sp³-hybridized carbons (Fsp3) is 0.476. The number of methoxy groups -OCH3 is 3. The molecule has 2 heterocycles. The SMILES string of the molecule is COc1cc2c(cc1OC)C13CC(OC)C=CC1=CCN3CC2OC(C)=O. The molecule has 0 radical (unpaired) electrons. The predicted octanol–water partition coefficient (Wildman–Crippen LogP) is 2.73. The van der Waals surface area contributed by atoms with Gasteiger partial charge in [-0.25, -0.2) is 0 Å². The van der Waals surface area contributed by atoms with Crippen molar-refractivity contribution in [1.82, 2.24) is 4.90 Å². The van der Waals surface area contributed by atoms with Crippen LogP contribution in [0, 0.1) is 0 Å². The summed E-state index contributed by atoms with van der Waals surface area (Å²) in [5, 5.41) is 0. The Hall–Kier alpha value is -2.31. The van der Waals surface area contributed by atoms with Gasteiger partial charge in [0.05, 0.1) is 25.9 Å². The summed E-state index contributed by atoms with van der Waals surface area (Å²) in [7, 11) is 4.99. The van der Waals surface area contributed by atoms with Gasteiger partial charge in [-0.1, -0.05) is 18.2 Å². The van der Waals surface area contributed by atoms with Crippen LogP contribution in [0.1, 0.15) is 30.6 Å². The minimum absolute atomic E-state index is 0.0222. The standard InChI is InChI=1S/C21H25NO5/c1-13(23)27-20-12-22-8-7-14-5-6-15(24-2)11-21(14,22)17-10-19(26-4)18(25-3)9-16(17)20/h5-7,9-10,15,20H,8,11-12H2,1-4H3. The molecule has 0 amide bonds. The van der Waals surface area contributed by atoms with Crippen molar-refractivity contribution in [3.8, 4) is 11.5 Å². The van der Waals surface area contributed by atoms with Crippen molar-refractivity contribution in [3.63, 3.8) is 0 Å². The monoisotopic (exact) mass is 371 g/mol. The van der Waals surface area contributed by atoms with E-state index in [1.165, 1.54) is 12.5 Å². The zero-order chi connectivity index (χ0) is 19.2. The molecule has 3 atom stereocenters. The van der Waals surface area contributed by atoms with Crippen molar-refractivity contribution in [2.75, 3.05) is 34.4 Å². The fourth-order valence-electron chi connectivity index (χ4n) is 4.69. The lowest BCUT2D eigenvalue weighted by Gasteiger charge is -2.50. The largest absolute Gasteiger partial charge is 0.493 e. The van der Waals surface area contributed by atoms with Gasteiger partial charge in [0.25, 0.3) is 0 Å². The molecular weight excluding hydrogens is 346 g/mol. The molecule has 0 N–H and O–H groups in total. The summed E-state index contributed by atoms with van der Waals surface area (Å²) in [6, 6.07) is 3.98. The van der Waals surface area contributed by atoms with Crippen molar-refractivity contribution in [1.29, 1.82) is 0 Å². The predicted molar refractivity (Wildman–Crippen MR) is 99.9 cm³/mol. The molecule has 0 bridgehead atoms. The Bertz CT molecular complexity index is 830. The zero-order valence-corrected chi connectivity index (χ0v) is 16.2. The molecule has 1 aromatic rings. The van der Waals surface area contributed by atoms with E-state index in [0.29, 0.717) is 18.0 Å². The van der Waals surface area contributed by atoms with Gasteiger partial charge in [-0.2, -0.15) is 0 Å². The highest BCUT2D eigenvalue weighted by atomic mass is 16.5. The molecule has 0 saturated heterocycles. The molecule has 1 aromatic carbocycles. The second-order valence-electron chi connectivity index (χ2n) is 7.15. The van der Waals surface area contributed by atoms with Gasteiger partial charge in [0.15, 0.2) is 11.5 Å². The summed E-state index contributed by atoms with van der Waals surface area (Å²) in [6.07, 6.45) is 7.00. The second kappa shape index (κ2) is 6.69. The maximum atomic E-state index is 11.7. The Morgan fingerprint density at radius 3 is 2.59 bits per heavy atom. The highest BCUT2D eigenvalue weighted by Crippen LogP contribution is 2.54. The summed E-state index contributed by atoms with van der Waals surface area (Å²) in [4.78, 5) is 14.1. The number of hydrogen-bond donors (Lipinski definition) is 0. The van der Waals surface area contributed by atoms with E-state index in [1.807, 2.05) is 12.1 Å². The third-order valence-electron chi connectivity index (χ3n) is 5.88. The van der Waals surface area contributed by atoms with E-state index in [2.05, 4.69) is 23.1 Å². The van der Waals surface area contributed by atoms with E-state index >= 15 is 0 Å². The van der Waals surface area contributed by atoms with Crippen LogP contribution in [0.2, 0.25) is 0 Å². The van der Waals surface area contributed by atoms with Crippen molar-refractivity contribution < 1.29 is 23.7 Å². The first-order chi connectivity index (χ1) is 13.0. The molecule has 144 valence electrons. The van der Waals surface area contributed by atoms with Gasteiger partial charge in [0.2, 0.25) is 0 Å². The molecule has 3 aliphatic rings. The summed E-state index contributed by atoms with van der Waals surface area (Å²) in [5.74, 6) is 1.02. The second-order valence-corrected chi connectivity index (χ2v) is 7.15. The number of nitrogens with zero attached hydrogens (tertiary/aromatic N) is 1. The van der Waals surface area contributed by atoms with Crippen LogP contribution >= 0.6 is 0 Å². The van der Waals surface area contributed by atoms with E-state index in [9.17, 15) is 4.79 Å². The third-order valence-corrected chi connectivity index (χ3v) is 5.88. The lowest BCUT2D eigenvalue weighted by molar-refractivity contribution is -0.149. The van der Waals surface area contributed by atoms with Gasteiger partial charge in [0.1, 0.15) is 6.10 Å².